The molecule has 0 radical (unpaired) electrons. The molecule has 1 aromatic carbocycles. The third kappa shape index (κ3) is 3.30. The highest BCUT2D eigenvalue weighted by Gasteiger charge is 2.20. The lowest BCUT2D eigenvalue weighted by Crippen LogP contribution is -2.50. The lowest BCUT2D eigenvalue weighted by atomic mass is 10.2. The summed E-state index contributed by atoms with van der Waals surface area (Å²) in [5.74, 6) is 0.512. The predicted molar refractivity (Wildman–Crippen MR) is 77.8 cm³/mol. The van der Waals surface area contributed by atoms with Crippen LogP contribution in [0.2, 0.25) is 0 Å². The Morgan fingerprint density at radius 2 is 2.05 bits per heavy atom. The molecular formula is C15H20N4O3. The van der Waals surface area contributed by atoms with Crippen molar-refractivity contribution in [3.05, 3.63) is 30.5 Å². The van der Waals surface area contributed by atoms with E-state index in [9.17, 15) is 5.11 Å². The number of benzene rings is 1. The van der Waals surface area contributed by atoms with Gasteiger partial charge in [-0.05, 0) is 12.1 Å². The predicted octanol–water partition coefficient (Wildman–Crippen LogP) is -0.133. The zero-order chi connectivity index (χ0) is 15.4. The van der Waals surface area contributed by atoms with Crippen LogP contribution in [0.3, 0.4) is 0 Å². The lowest BCUT2D eigenvalue weighted by molar-refractivity contribution is -0.761. The van der Waals surface area contributed by atoms with Gasteiger partial charge in [0.1, 0.15) is 11.7 Å². The van der Waals surface area contributed by atoms with E-state index >= 15 is 0 Å². The van der Waals surface area contributed by atoms with Crippen molar-refractivity contribution in [3.63, 3.8) is 0 Å². The van der Waals surface area contributed by atoms with Crippen LogP contribution < -0.4 is 19.4 Å². The zero-order valence-electron chi connectivity index (χ0n) is 12.6. The average molecular weight is 304 g/mol. The van der Waals surface area contributed by atoms with Crippen molar-refractivity contribution < 1.29 is 19.0 Å². The summed E-state index contributed by atoms with van der Waals surface area (Å²) in [6.45, 7) is 5.38. The molecule has 0 amide bonds. The second kappa shape index (κ2) is 6.65. The normalized spacial score (nSPS) is 16.0. The topological polar surface area (TPSA) is 68.7 Å². The van der Waals surface area contributed by atoms with Crippen LogP contribution in [-0.2, 0) is 6.54 Å². The Bertz CT molecular complexity index is 608. The summed E-state index contributed by atoms with van der Waals surface area (Å²) in [5.41, 5.74) is 1.14. The Balaban J connectivity index is 1.52. The molecule has 118 valence electrons. The molecule has 1 fully saturated rings. The fourth-order valence-corrected chi connectivity index (χ4v) is 2.71. The summed E-state index contributed by atoms with van der Waals surface area (Å²) in [4.78, 5) is 4.70. The molecule has 0 aliphatic carbocycles. The fraction of sp³-hybridized carbons (Fsp3) is 0.467. The summed E-state index contributed by atoms with van der Waals surface area (Å²) in [6.07, 6.45) is 1.38. The van der Waals surface area contributed by atoms with Crippen LogP contribution in [0.25, 0.3) is 0 Å². The van der Waals surface area contributed by atoms with Gasteiger partial charge in [-0.3, -0.25) is 4.90 Å². The van der Waals surface area contributed by atoms with E-state index in [1.54, 1.807) is 11.8 Å². The summed E-state index contributed by atoms with van der Waals surface area (Å²) >= 11 is 0. The summed E-state index contributed by atoms with van der Waals surface area (Å²) in [5, 5.41) is 14.6. The molecule has 2 heterocycles. The molecule has 3 rings (SSSR count). The highest BCUT2D eigenvalue weighted by molar-refractivity contribution is 5.58. The highest BCUT2D eigenvalue weighted by atomic mass is 16.6. The van der Waals surface area contributed by atoms with Crippen LogP contribution in [0, 0.1) is 0 Å². The van der Waals surface area contributed by atoms with Crippen LogP contribution in [0.15, 0.2) is 35.0 Å². The molecule has 7 heteroatoms. The van der Waals surface area contributed by atoms with Gasteiger partial charge in [0, 0.05) is 26.2 Å². The van der Waals surface area contributed by atoms with Crippen LogP contribution >= 0.6 is 0 Å². The third-order valence-electron chi connectivity index (χ3n) is 3.93. The number of piperazine rings is 1. The van der Waals surface area contributed by atoms with Crippen LogP contribution in [0.5, 0.6) is 11.7 Å². The van der Waals surface area contributed by atoms with E-state index in [0.29, 0.717) is 6.54 Å². The average Bonchev–Trinajstić information content (AvgIpc) is 2.99. The molecule has 1 aromatic heterocycles. The first-order chi connectivity index (χ1) is 10.8. The monoisotopic (exact) mass is 304 g/mol. The second-order valence-corrected chi connectivity index (χ2v) is 5.28. The minimum Gasteiger partial charge on any atom is -0.539 e. The highest BCUT2D eigenvalue weighted by Crippen LogP contribution is 2.28. The van der Waals surface area contributed by atoms with Gasteiger partial charge >= 0.3 is 0 Å². The van der Waals surface area contributed by atoms with Gasteiger partial charge in [0.15, 0.2) is 6.54 Å². The molecule has 0 unspecified atom stereocenters. The number of para-hydroxylation sites is 2. The maximum absolute atomic E-state index is 10.9. The maximum Gasteiger partial charge on any atom is 0.221 e. The van der Waals surface area contributed by atoms with Crippen LogP contribution in [0.1, 0.15) is 0 Å². The first-order valence-electron chi connectivity index (χ1n) is 7.40. The first-order valence-corrected chi connectivity index (χ1v) is 7.40. The first kappa shape index (κ1) is 14.6. The van der Waals surface area contributed by atoms with E-state index in [-0.39, 0.29) is 0 Å². The van der Waals surface area contributed by atoms with Gasteiger partial charge in [-0.2, -0.15) is 0 Å². The van der Waals surface area contributed by atoms with E-state index in [4.69, 9.17) is 4.74 Å². The van der Waals surface area contributed by atoms with Crippen molar-refractivity contribution in [2.45, 2.75) is 6.54 Å². The molecule has 1 saturated heterocycles. The number of nitrogens with zero attached hydrogens (tertiary/aromatic N) is 4. The van der Waals surface area contributed by atoms with Gasteiger partial charge in [-0.25, -0.2) is 0 Å². The molecule has 0 atom stereocenters. The molecule has 7 nitrogen and oxygen atoms in total. The lowest BCUT2D eigenvalue weighted by Gasteiger charge is -2.36. The number of hydrogen-bond acceptors (Lipinski definition) is 6. The van der Waals surface area contributed by atoms with Gasteiger partial charge in [0.05, 0.1) is 24.6 Å². The van der Waals surface area contributed by atoms with Crippen molar-refractivity contribution >= 4 is 5.69 Å². The van der Waals surface area contributed by atoms with Crippen molar-refractivity contribution in [2.24, 2.45) is 0 Å². The minimum atomic E-state index is -0.402. The summed E-state index contributed by atoms with van der Waals surface area (Å²) in [7, 11) is 1.70. The molecule has 22 heavy (non-hydrogen) atoms. The Kier molecular flexibility index (Phi) is 4.43. The molecule has 1 aliphatic heterocycles. The molecular weight excluding hydrogens is 284 g/mol. The van der Waals surface area contributed by atoms with Crippen molar-refractivity contribution in [2.75, 3.05) is 44.7 Å². The quantitative estimate of drug-likeness (QED) is 0.717. The largest absolute Gasteiger partial charge is 0.539 e. The Labute approximate surface area is 129 Å². The van der Waals surface area contributed by atoms with Gasteiger partial charge in [0.2, 0.25) is 6.20 Å². The SMILES string of the molecule is COc1ccccc1N1CCN(CC[n+]2cc([O-])on2)CC1. The molecule has 2 aromatic rings. The second-order valence-electron chi connectivity index (χ2n) is 5.28. The van der Waals surface area contributed by atoms with Gasteiger partial charge in [-0.15, -0.1) is 0 Å². The number of methoxy groups -OCH3 is 1. The van der Waals surface area contributed by atoms with E-state index in [2.05, 4.69) is 25.7 Å². The van der Waals surface area contributed by atoms with Crippen molar-refractivity contribution in [1.29, 1.82) is 0 Å². The third-order valence-corrected chi connectivity index (χ3v) is 3.93. The number of rotatable bonds is 5. The van der Waals surface area contributed by atoms with E-state index in [1.807, 2.05) is 18.2 Å². The van der Waals surface area contributed by atoms with E-state index in [0.717, 1.165) is 44.2 Å². The van der Waals surface area contributed by atoms with Gasteiger partial charge in [0.25, 0.3) is 0 Å². The summed E-state index contributed by atoms with van der Waals surface area (Å²) in [6, 6.07) is 8.10. The molecule has 0 bridgehead atoms. The van der Waals surface area contributed by atoms with Crippen molar-refractivity contribution in [1.82, 2.24) is 10.2 Å². The zero-order valence-corrected chi connectivity index (χ0v) is 12.6. The van der Waals surface area contributed by atoms with Crippen LogP contribution in [0.4, 0.5) is 5.69 Å². The Hall–Kier alpha value is -2.28. The van der Waals surface area contributed by atoms with E-state index < -0.39 is 5.95 Å². The minimum absolute atomic E-state index is 0.402. The van der Waals surface area contributed by atoms with Crippen LogP contribution in [-0.4, -0.2) is 50.0 Å². The van der Waals surface area contributed by atoms with Gasteiger partial charge < -0.3 is 19.3 Å². The molecule has 0 N–H and O–H groups in total. The molecule has 0 saturated carbocycles. The standard InChI is InChI=1S/C15H20N4O3/c1-21-14-5-3-2-4-13(14)18-9-6-17(7-10-18)8-11-19-12-15(20)22-16-19/h2-5,12H,6-11H2,1H3. The fourth-order valence-electron chi connectivity index (χ4n) is 2.71. The maximum atomic E-state index is 10.9. The van der Waals surface area contributed by atoms with Gasteiger partial charge in [-0.1, -0.05) is 16.8 Å². The number of ether oxygens (including phenoxy) is 1. The molecule has 1 aliphatic rings. The summed E-state index contributed by atoms with van der Waals surface area (Å²) < 4.78 is 11.5. The molecule has 0 spiro atoms. The smallest absolute Gasteiger partial charge is 0.221 e. The Morgan fingerprint density at radius 3 is 2.73 bits per heavy atom. The van der Waals surface area contributed by atoms with E-state index in [1.165, 1.54) is 6.20 Å². The number of hydrogen-bond donors (Lipinski definition) is 0. The number of anilines is 1. The Morgan fingerprint density at radius 1 is 1.27 bits per heavy atom. The number of aromatic nitrogens is 2. The van der Waals surface area contributed by atoms with Crippen molar-refractivity contribution in [3.8, 4) is 11.7 Å².